The number of rotatable bonds is 11. The molecule has 11 heteroatoms. The Labute approximate surface area is 234 Å². The Balaban J connectivity index is 1.47. The molecule has 0 radical (unpaired) electrons. The largest absolute Gasteiger partial charge is 0.496 e. The Kier molecular flexibility index (Phi) is 9.84. The summed E-state index contributed by atoms with van der Waals surface area (Å²) < 4.78 is 45.4. The van der Waals surface area contributed by atoms with E-state index in [1.807, 2.05) is 18.2 Å². The van der Waals surface area contributed by atoms with E-state index in [9.17, 15) is 18.4 Å². The molecule has 1 saturated carbocycles. The number of carbonyl (C=O) groups excluding carboxylic acids is 1. The molecule has 0 aliphatic heterocycles. The van der Waals surface area contributed by atoms with E-state index in [-0.39, 0.29) is 10.7 Å². The molecule has 1 heterocycles. The quantitative estimate of drug-likeness (QED) is 0.199. The van der Waals surface area contributed by atoms with Gasteiger partial charge in [0.25, 0.3) is 5.91 Å². The maximum Gasteiger partial charge on any atom is 0.371 e. The zero-order valence-corrected chi connectivity index (χ0v) is 23.0. The Hall–Kier alpha value is -3.83. The van der Waals surface area contributed by atoms with Crippen LogP contribution in [0.4, 0.5) is 13.9 Å². The second-order valence-corrected chi connectivity index (χ2v) is 10.2. The van der Waals surface area contributed by atoms with E-state index in [2.05, 4.69) is 15.0 Å². The first kappa shape index (κ1) is 29.2. The molecular formula is C29H30F2N2O6S. The average molecular weight is 573 g/mol. The zero-order valence-electron chi connectivity index (χ0n) is 22.2. The van der Waals surface area contributed by atoms with Gasteiger partial charge >= 0.3 is 5.97 Å². The van der Waals surface area contributed by atoms with Gasteiger partial charge in [0.2, 0.25) is 5.76 Å². The van der Waals surface area contributed by atoms with Gasteiger partial charge in [0.15, 0.2) is 5.13 Å². The van der Waals surface area contributed by atoms with E-state index in [4.69, 9.17) is 14.6 Å². The molecule has 0 atom stereocenters. The van der Waals surface area contributed by atoms with Gasteiger partial charge in [-0.25, -0.2) is 18.6 Å². The van der Waals surface area contributed by atoms with Crippen molar-refractivity contribution in [3.63, 3.8) is 0 Å². The van der Waals surface area contributed by atoms with E-state index in [1.165, 1.54) is 32.1 Å². The Morgan fingerprint density at radius 2 is 1.88 bits per heavy atom. The Morgan fingerprint density at radius 1 is 1.15 bits per heavy atom. The van der Waals surface area contributed by atoms with Gasteiger partial charge in [0.05, 0.1) is 26.5 Å². The molecule has 1 aromatic heterocycles. The predicted molar refractivity (Wildman–Crippen MR) is 147 cm³/mol. The van der Waals surface area contributed by atoms with Crippen LogP contribution in [-0.2, 0) is 20.9 Å². The third kappa shape index (κ3) is 7.02. The van der Waals surface area contributed by atoms with Crippen LogP contribution in [0.3, 0.4) is 0 Å². The van der Waals surface area contributed by atoms with Gasteiger partial charge in [0, 0.05) is 40.3 Å². The van der Waals surface area contributed by atoms with Gasteiger partial charge in [-0.3, -0.25) is 10.1 Å². The summed E-state index contributed by atoms with van der Waals surface area (Å²) in [5, 5.41) is 13.5. The van der Waals surface area contributed by atoms with Gasteiger partial charge < -0.3 is 19.3 Å². The van der Waals surface area contributed by atoms with Crippen molar-refractivity contribution in [1.29, 1.82) is 0 Å². The smallest absolute Gasteiger partial charge is 0.371 e. The van der Waals surface area contributed by atoms with Crippen LogP contribution in [0.15, 0.2) is 41.5 Å². The molecule has 212 valence electrons. The molecule has 0 unspecified atom stereocenters. The highest BCUT2D eigenvalue weighted by atomic mass is 32.1. The molecule has 0 spiro atoms. The number of aliphatic carboxylic acids is 1. The van der Waals surface area contributed by atoms with E-state index in [1.54, 1.807) is 12.5 Å². The topological polar surface area (TPSA) is 107 Å². The van der Waals surface area contributed by atoms with Crippen molar-refractivity contribution in [3.05, 3.63) is 69.8 Å². The fraction of sp³-hybridized carbons (Fsp3) is 0.345. The molecule has 2 N–H and O–H groups in total. The lowest BCUT2D eigenvalue weighted by molar-refractivity contribution is -0.135. The van der Waals surface area contributed by atoms with Crippen molar-refractivity contribution in [2.75, 3.05) is 26.1 Å². The van der Waals surface area contributed by atoms with E-state index < -0.39 is 34.8 Å². The molecule has 8 nitrogen and oxygen atoms in total. The number of methoxy groups -OCH3 is 2. The van der Waals surface area contributed by atoms with Gasteiger partial charge in [-0.05, 0) is 37.0 Å². The van der Waals surface area contributed by atoms with Crippen LogP contribution in [0.25, 0.3) is 17.3 Å². The second-order valence-electron chi connectivity index (χ2n) is 9.38. The number of thiazole rings is 1. The minimum atomic E-state index is -1.49. The van der Waals surface area contributed by atoms with E-state index in [0.717, 1.165) is 41.7 Å². The number of anilines is 1. The first-order valence-electron chi connectivity index (χ1n) is 12.8. The number of hydrogen-bond acceptors (Lipinski definition) is 7. The summed E-state index contributed by atoms with van der Waals surface area (Å²) in [6.07, 6.45) is 6.91. The van der Waals surface area contributed by atoms with Crippen molar-refractivity contribution in [2.45, 2.75) is 38.7 Å². The number of hydrogen-bond donors (Lipinski definition) is 2. The standard InChI is InChI=1S/C29H30F2N2O6S/c1-37-25(28(35)36)13-21-22(30)11-19(12-23(21)31)27(34)33-29-32-24(16-40-29)20-10-6-9-18(26(20)38-2)15-39-14-17-7-4-3-5-8-17/h6,9-13,16-17H,3-5,7-8,14-15H2,1-2H3,(H,35,36)(H,32,33,34). The average Bonchev–Trinajstić information content (AvgIpc) is 3.41. The number of ether oxygens (including phenoxy) is 3. The minimum absolute atomic E-state index is 0.221. The lowest BCUT2D eigenvalue weighted by Gasteiger charge is -2.21. The summed E-state index contributed by atoms with van der Waals surface area (Å²) in [5.74, 6) is -3.94. The summed E-state index contributed by atoms with van der Waals surface area (Å²) >= 11 is 1.15. The molecule has 40 heavy (non-hydrogen) atoms. The van der Waals surface area contributed by atoms with Crippen molar-refractivity contribution in [1.82, 2.24) is 4.98 Å². The minimum Gasteiger partial charge on any atom is -0.496 e. The molecule has 3 aromatic rings. The normalized spacial score (nSPS) is 14.2. The molecule has 0 bridgehead atoms. The van der Waals surface area contributed by atoms with Crippen LogP contribution < -0.4 is 10.1 Å². The summed E-state index contributed by atoms with van der Waals surface area (Å²) in [6.45, 7) is 1.12. The number of para-hydroxylation sites is 1. The molecule has 1 aliphatic rings. The summed E-state index contributed by atoms with van der Waals surface area (Å²) in [4.78, 5) is 28.3. The maximum atomic E-state index is 14.6. The molecule has 1 amide bonds. The van der Waals surface area contributed by atoms with Crippen molar-refractivity contribution in [2.24, 2.45) is 5.92 Å². The number of carbonyl (C=O) groups is 2. The first-order chi connectivity index (χ1) is 19.3. The number of aromatic nitrogens is 1. The van der Waals surface area contributed by atoms with Crippen LogP contribution in [0.5, 0.6) is 5.75 Å². The van der Waals surface area contributed by atoms with Crippen molar-refractivity contribution >= 4 is 34.4 Å². The van der Waals surface area contributed by atoms with Crippen LogP contribution in [0, 0.1) is 17.6 Å². The number of nitrogens with zero attached hydrogens (tertiary/aromatic N) is 1. The molecule has 1 fully saturated rings. The first-order valence-corrected chi connectivity index (χ1v) is 13.7. The van der Waals surface area contributed by atoms with Crippen LogP contribution in [0.2, 0.25) is 0 Å². The fourth-order valence-corrected chi connectivity index (χ4v) is 5.35. The molecular weight excluding hydrogens is 542 g/mol. The third-order valence-electron chi connectivity index (χ3n) is 6.68. The Bertz CT molecular complexity index is 1380. The Morgan fingerprint density at radius 3 is 2.52 bits per heavy atom. The van der Waals surface area contributed by atoms with Crippen LogP contribution in [-0.4, -0.2) is 42.8 Å². The van der Waals surface area contributed by atoms with Crippen LogP contribution >= 0.6 is 11.3 Å². The lowest BCUT2D eigenvalue weighted by atomic mass is 9.90. The highest BCUT2D eigenvalue weighted by Crippen LogP contribution is 2.35. The van der Waals surface area contributed by atoms with Gasteiger partial charge in [-0.1, -0.05) is 31.4 Å². The van der Waals surface area contributed by atoms with Gasteiger partial charge in [-0.2, -0.15) is 0 Å². The molecule has 4 rings (SSSR count). The van der Waals surface area contributed by atoms with Gasteiger partial charge in [-0.15, -0.1) is 11.3 Å². The highest BCUT2D eigenvalue weighted by Gasteiger charge is 2.20. The van der Waals surface area contributed by atoms with E-state index in [0.29, 0.717) is 36.7 Å². The maximum absolute atomic E-state index is 14.6. The second kappa shape index (κ2) is 13.5. The fourth-order valence-electron chi connectivity index (χ4n) is 4.65. The van der Waals surface area contributed by atoms with Gasteiger partial charge in [0.1, 0.15) is 17.4 Å². The third-order valence-corrected chi connectivity index (χ3v) is 7.44. The molecule has 0 saturated heterocycles. The SMILES string of the molecule is COC(=Cc1c(F)cc(C(=O)Nc2nc(-c3cccc(COCC4CCCCC4)c3OC)cs2)cc1F)C(=O)O. The number of halogens is 2. The summed E-state index contributed by atoms with van der Waals surface area (Å²) in [6, 6.07) is 7.30. The predicted octanol–water partition coefficient (Wildman–Crippen LogP) is 6.52. The summed E-state index contributed by atoms with van der Waals surface area (Å²) in [7, 11) is 2.64. The number of benzene rings is 2. The molecule has 2 aromatic carbocycles. The van der Waals surface area contributed by atoms with Crippen molar-refractivity contribution in [3.8, 4) is 17.0 Å². The van der Waals surface area contributed by atoms with Crippen LogP contribution in [0.1, 0.15) is 53.6 Å². The zero-order chi connectivity index (χ0) is 28.6. The highest BCUT2D eigenvalue weighted by molar-refractivity contribution is 7.14. The number of amides is 1. The monoisotopic (exact) mass is 572 g/mol. The summed E-state index contributed by atoms with van der Waals surface area (Å²) in [5.41, 5.74) is 1.23. The molecule has 1 aliphatic carbocycles. The van der Waals surface area contributed by atoms with Crippen molar-refractivity contribution < 1.29 is 37.7 Å². The number of carboxylic acids is 1. The number of carboxylic acid groups (broad SMARTS) is 1. The number of nitrogens with one attached hydrogen (secondary N) is 1. The van der Waals surface area contributed by atoms with E-state index >= 15 is 0 Å². The lowest BCUT2D eigenvalue weighted by Crippen LogP contribution is -2.13.